The molecule has 3 amide bonds. The van der Waals surface area contributed by atoms with Crippen LogP contribution in [0.3, 0.4) is 0 Å². The van der Waals surface area contributed by atoms with E-state index in [1.165, 1.54) is 54.4 Å². The molecule has 0 fully saturated rings. The fraction of sp³-hybridized carbons (Fsp3) is 0.607. The minimum atomic E-state index is -0.500. The highest BCUT2D eigenvalue weighted by molar-refractivity contribution is 5.94. The molecule has 2 aliphatic carbocycles. The molecule has 0 aromatic carbocycles. The number of rotatable bonds is 35. The van der Waals surface area contributed by atoms with E-state index in [0.717, 1.165) is 35.1 Å². The number of ketones is 1. The van der Waals surface area contributed by atoms with Crippen LogP contribution in [-0.4, -0.2) is 96.5 Å². The summed E-state index contributed by atoms with van der Waals surface area (Å²) >= 11 is 0. The maximum absolute atomic E-state index is 13.5. The fourth-order valence-corrected chi connectivity index (χ4v) is 8.98. The second-order valence-electron chi connectivity index (χ2n) is 20.9. The van der Waals surface area contributed by atoms with Crippen LogP contribution in [0.15, 0.2) is 117 Å². The minimum Gasteiger partial charge on any atom is -0.384 e. The molecule has 0 unspecified atom stereocenters. The minimum absolute atomic E-state index is 0.0285. The van der Waals surface area contributed by atoms with Crippen molar-refractivity contribution in [3.8, 4) is 0 Å². The lowest BCUT2D eigenvalue weighted by atomic mass is 9.72. The number of nitrogens with one attached hydrogen (secondary N) is 3. The van der Waals surface area contributed by atoms with Gasteiger partial charge >= 0.3 is 0 Å². The highest BCUT2D eigenvalue weighted by Gasteiger charge is 2.27. The fourth-order valence-electron chi connectivity index (χ4n) is 8.98. The van der Waals surface area contributed by atoms with Crippen molar-refractivity contribution in [1.82, 2.24) is 16.0 Å². The van der Waals surface area contributed by atoms with E-state index >= 15 is 0 Å². The van der Waals surface area contributed by atoms with Gasteiger partial charge in [-0.25, -0.2) is 0 Å². The van der Waals surface area contributed by atoms with Crippen LogP contribution < -0.4 is 16.0 Å². The summed E-state index contributed by atoms with van der Waals surface area (Å²) in [5, 5.41) is 8.83. The summed E-state index contributed by atoms with van der Waals surface area (Å²) in [5.74, 6) is -0.941. The standard InChI is InChI=1S/C61H95N3O8/c1-47(27-29-55-51(5)24-16-32-60(55,7)8)20-14-22-49(3)44-54(65)46-53(59(68)64-36-19-38-71-41-43-72-42-40-70-37-18-35-62-57(66)31-39-69-11)26-12-13-34-63-58(67)45-50(4)23-15-21-48(2)28-30-56-52(6)25-17-33-61(56,9)10/h14-15,20-23,27-30,44-45,53H,12-13,16-19,24-26,31-43,46H2,1-11H3,(H,62,66)(H,63,67)(H,64,68)/b22-14+,23-15+,29-27+,30-28+,47-20+,48-21+,49-44+,50-45+/t53-/m1/s1. The Hall–Kier alpha value is -4.68. The van der Waals surface area contributed by atoms with Gasteiger partial charge in [-0.15, -0.1) is 0 Å². The van der Waals surface area contributed by atoms with E-state index in [1.807, 2.05) is 38.2 Å². The molecule has 402 valence electrons. The van der Waals surface area contributed by atoms with Crippen LogP contribution in [-0.2, 0) is 38.1 Å². The van der Waals surface area contributed by atoms with Crippen LogP contribution in [0, 0.1) is 16.7 Å². The lowest BCUT2D eigenvalue weighted by Crippen LogP contribution is -2.33. The zero-order valence-corrected chi connectivity index (χ0v) is 46.5. The quantitative estimate of drug-likeness (QED) is 0.0324. The third-order valence-corrected chi connectivity index (χ3v) is 13.2. The predicted molar refractivity (Wildman–Crippen MR) is 296 cm³/mol. The monoisotopic (exact) mass is 998 g/mol. The zero-order chi connectivity index (χ0) is 53.2. The van der Waals surface area contributed by atoms with Gasteiger partial charge in [-0.1, -0.05) is 117 Å². The van der Waals surface area contributed by atoms with Gasteiger partial charge in [0.15, 0.2) is 5.78 Å². The van der Waals surface area contributed by atoms with E-state index in [-0.39, 0.29) is 40.8 Å². The van der Waals surface area contributed by atoms with Crippen LogP contribution >= 0.6 is 0 Å². The Kier molecular flexibility index (Phi) is 32.0. The molecule has 11 nitrogen and oxygen atoms in total. The van der Waals surface area contributed by atoms with Gasteiger partial charge in [-0.2, -0.15) is 0 Å². The summed E-state index contributed by atoms with van der Waals surface area (Å²) in [5.41, 5.74) is 10.1. The maximum Gasteiger partial charge on any atom is 0.244 e. The van der Waals surface area contributed by atoms with Crippen LogP contribution in [0.5, 0.6) is 0 Å². The number of ether oxygens (including phenoxy) is 4. The molecule has 0 radical (unpaired) electrons. The number of hydrogen-bond donors (Lipinski definition) is 3. The van der Waals surface area contributed by atoms with Crippen LogP contribution in [0.2, 0.25) is 0 Å². The van der Waals surface area contributed by atoms with E-state index < -0.39 is 5.92 Å². The summed E-state index contributed by atoms with van der Waals surface area (Å²) in [4.78, 5) is 51.2. The van der Waals surface area contributed by atoms with Crippen molar-refractivity contribution >= 4 is 23.5 Å². The second kappa shape index (κ2) is 36.3. The van der Waals surface area contributed by atoms with Crippen LogP contribution in [0.25, 0.3) is 0 Å². The molecule has 0 saturated heterocycles. The lowest BCUT2D eigenvalue weighted by Gasteiger charge is -2.33. The van der Waals surface area contributed by atoms with Crippen molar-refractivity contribution in [3.05, 3.63) is 117 Å². The van der Waals surface area contributed by atoms with E-state index in [2.05, 4.69) is 108 Å². The Bertz CT molecular complexity index is 2020. The lowest BCUT2D eigenvalue weighted by molar-refractivity contribution is -0.128. The highest BCUT2D eigenvalue weighted by atomic mass is 16.5. The largest absolute Gasteiger partial charge is 0.384 e. The molecule has 0 spiro atoms. The number of methoxy groups -OCH3 is 1. The van der Waals surface area contributed by atoms with Crippen molar-refractivity contribution in [3.63, 3.8) is 0 Å². The molecule has 0 heterocycles. The summed E-state index contributed by atoms with van der Waals surface area (Å²) in [6, 6.07) is 0. The van der Waals surface area contributed by atoms with Crippen LogP contribution in [0.1, 0.15) is 153 Å². The second-order valence-corrected chi connectivity index (χ2v) is 20.9. The van der Waals surface area contributed by atoms with Crippen molar-refractivity contribution in [2.75, 3.05) is 73.0 Å². The summed E-state index contributed by atoms with van der Waals surface area (Å²) in [6.07, 6.45) is 34.9. The smallest absolute Gasteiger partial charge is 0.244 e. The first-order valence-electron chi connectivity index (χ1n) is 26.7. The molecule has 72 heavy (non-hydrogen) atoms. The van der Waals surface area contributed by atoms with Crippen LogP contribution in [0.4, 0.5) is 0 Å². The summed E-state index contributed by atoms with van der Waals surface area (Å²) in [6.45, 7) is 26.4. The van der Waals surface area contributed by atoms with E-state index in [0.29, 0.717) is 98.0 Å². The summed E-state index contributed by atoms with van der Waals surface area (Å²) in [7, 11) is 1.57. The van der Waals surface area contributed by atoms with Gasteiger partial charge in [0.2, 0.25) is 17.7 Å². The van der Waals surface area contributed by atoms with E-state index in [1.54, 1.807) is 19.3 Å². The Morgan fingerprint density at radius 3 is 1.58 bits per heavy atom. The average molecular weight is 998 g/mol. The Morgan fingerprint density at radius 2 is 1.07 bits per heavy atom. The van der Waals surface area contributed by atoms with Crippen molar-refractivity contribution < 1.29 is 38.1 Å². The highest BCUT2D eigenvalue weighted by Crippen LogP contribution is 2.42. The number of carbonyl (C=O) groups excluding carboxylic acids is 4. The molecular weight excluding hydrogens is 903 g/mol. The van der Waals surface area contributed by atoms with Gasteiger partial charge in [-0.05, 0) is 145 Å². The molecule has 1 atom stereocenters. The summed E-state index contributed by atoms with van der Waals surface area (Å²) < 4.78 is 21.7. The predicted octanol–water partition coefficient (Wildman–Crippen LogP) is 12.0. The first-order chi connectivity index (χ1) is 34.3. The molecule has 3 N–H and O–H groups in total. The van der Waals surface area contributed by atoms with Gasteiger partial charge in [0.1, 0.15) is 0 Å². The Balaban J connectivity index is 1.87. The molecule has 2 rings (SSSR count). The first kappa shape index (κ1) is 63.4. The van der Waals surface area contributed by atoms with E-state index in [9.17, 15) is 19.2 Å². The number of amides is 3. The molecule has 0 aromatic rings. The van der Waals surface area contributed by atoms with Gasteiger partial charge < -0.3 is 34.9 Å². The van der Waals surface area contributed by atoms with Gasteiger partial charge in [0, 0.05) is 64.8 Å². The molecule has 11 heteroatoms. The molecule has 0 bridgehead atoms. The average Bonchev–Trinajstić information content (AvgIpc) is 3.30. The molecule has 0 aliphatic heterocycles. The zero-order valence-electron chi connectivity index (χ0n) is 46.5. The third-order valence-electron chi connectivity index (χ3n) is 13.2. The number of hydrogen-bond acceptors (Lipinski definition) is 8. The number of carbonyl (C=O) groups is 4. The Labute approximate surface area is 435 Å². The van der Waals surface area contributed by atoms with Crippen molar-refractivity contribution in [2.45, 2.75) is 153 Å². The van der Waals surface area contributed by atoms with Crippen molar-refractivity contribution in [2.24, 2.45) is 16.7 Å². The SMILES string of the molecule is COCCC(=O)NCCCOCCOCCOCCCNC(=O)[C@H](CCCCNC(=O)/C=C(C)/C=C/C=C(C)/C=C/C1=C(C)CCCC1(C)C)CC(=O)/C=C(C)/C=C/C=C(C)/C=C/C1=C(C)CCCC1(C)C. The number of unbranched alkanes of at least 4 members (excludes halogenated alkanes) is 1. The maximum atomic E-state index is 13.5. The van der Waals surface area contributed by atoms with Gasteiger partial charge in [0.25, 0.3) is 0 Å². The van der Waals surface area contributed by atoms with Gasteiger partial charge in [0.05, 0.1) is 33.0 Å². The molecule has 2 aliphatic rings. The topological polar surface area (TPSA) is 141 Å². The number of allylic oxidation sites excluding steroid dienone is 19. The van der Waals surface area contributed by atoms with Gasteiger partial charge in [-0.3, -0.25) is 19.2 Å². The molecular formula is C61H95N3O8. The Morgan fingerprint density at radius 1 is 0.583 bits per heavy atom. The molecule has 0 saturated carbocycles. The van der Waals surface area contributed by atoms with E-state index in [4.69, 9.17) is 18.9 Å². The normalized spacial score (nSPS) is 17.5. The van der Waals surface area contributed by atoms with Crippen molar-refractivity contribution in [1.29, 1.82) is 0 Å². The third kappa shape index (κ3) is 28.5. The first-order valence-corrected chi connectivity index (χ1v) is 26.7. The molecule has 0 aromatic heterocycles.